The van der Waals surface area contributed by atoms with E-state index in [1.54, 1.807) is 0 Å². The highest BCUT2D eigenvalue weighted by Crippen LogP contribution is 2.24. The Morgan fingerprint density at radius 3 is 2.50 bits per heavy atom. The highest BCUT2D eigenvalue weighted by atomic mass is 16.2. The van der Waals surface area contributed by atoms with E-state index in [0.29, 0.717) is 24.3 Å². The third kappa shape index (κ3) is 4.12. The summed E-state index contributed by atoms with van der Waals surface area (Å²) >= 11 is 0. The first-order valence-corrected chi connectivity index (χ1v) is 6.59. The van der Waals surface area contributed by atoms with E-state index in [0.717, 1.165) is 13.1 Å². The topological polar surface area (TPSA) is 32.3 Å². The molecule has 1 saturated carbocycles. The van der Waals surface area contributed by atoms with Crippen molar-refractivity contribution in [2.45, 2.75) is 52.0 Å². The van der Waals surface area contributed by atoms with Gasteiger partial charge in [0.1, 0.15) is 0 Å². The van der Waals surface area contributed by atoms with Gasteiger partial charge < -0.3 is 10.2 Å². The van der Waals surface area contributed by atoms with Gasteiger partial charge in [-0.25, -0.2) is 0 Å². The summed E-state index contributed by atoms with van der Waals surface area (Å²) in [4.78, 5) is 14.2. The Hall–Kier alpha value is -0.570. The minimum absolute atomic E-state index is 0.329. The van der Waals surface area contributed by atoms with Gasteiger partial charge in [0, 0.05) is 25.6 Å². The third-order valence-electron chi connectivity index (χ3n) is 3.24. The highest BCUT2D eigenvalue weighted by molar-refractivity contribution is 5.76. The van der Waals surface area contributed by atoms with Gasteiger partial charge in [-0.15, -0.1) is 0 Å². The molecule has 0 heterocycles. The van der Waals surface area contributed by atoms with Crippen LogP contribution >= 0.6 is 0 Å². The number of nitrogens with one attached hydrogen (secondary N) is 1. The van der Waals surface area contributed by atoms with Crippen LogP contribution in [0.1, 0.15) is 46.0 Å². The number of carbonyl (C=O) groups excluding carboxylic acids is 1. The predicted molar refractivity (Wildman–Crippen MR) is 67.4 cm³/mol. The van der Waals surface area contributed by atoms with Crippen LogP contribution in [0.15, 0.2) is 0 Å². The van der Waals surface area contributed by atoms with Crippen molar-refractivity contribution in [3.63, 3.8) is 0 Å². The first-order chi connectivity index (χ1) is 7.65. The second-order valence-corrected chi connectivity index (χ2v) is 5.23. The summed E-state index contributed by atoms with van der Waals surface area (Å²) in [5.74, 6) is 0.897. The van der Waals surface area contributed by atoms with Gasteiger partial charge in [-0.05, 0) is 25.8 Å². The van der Waals surface area contributed by atoms with E-state index in [4.69, 9.17) is 0 Å². The van der Waals surface area contributed by atoms with Gasteiger partial charge >= 0.3 is 0 Å². The Balaban J connectivity index is 2.51. The number of hydrogen-bond donors (Lipinski definition) is 1. The van der Waals surface area contributed by atoms with E-state index in [1.165, 1.54) is 25.7 Å². The van der Waals surface area contributed by atoms with Gasteiger partial charge in [0.05, 0.1) is 0 Å². The van der Waals surface area contributed by atoms with Crippen LogP contribution < -0.4 is 5.32 Å². The molecule has 0 aromatic carbocycles. The van der Waals surface area contributed by atoms with E-state index in [-0.39, 0.29) is 0 Å². The van der Waals surface area contributed by atoms with Gasteiger partial charge in [0.25, 0.3) is 0 Å². The second kappa shape index (κ2) is 6.89. The van der Waals surface area contributed by atoms with Gasteiger partial charge in [-0.2, -0.15) is 0 Å². The van der Waals surface area contributed by atoms with Crippen molar-refractivity contribution in [3.05, 3.63) is 0 Å². The Morgan fingerprint density at radius 2 is 2.00 bits per heavy atom. The van der Waals surface area contributed by atoms with Crippen molar-refractivity contribution >= 4 is 5.91 Å². The van der Waals surface area contributed by atoms with E-state index in [9.17, 15) is 4.79 Å². The molecule has 0 saturated heterocycles. The van der Waals surface area contributed by atoms with E-state index in [2.05, 4.69) is 24.1 Å². The number of nitrogens with zero attached hydrogens (tertiary/aromatic N) is 1. The smallest absolute Gasteiger partial charge is 0.224 e. The van der Waals surface area contributed by atoms with Crippen molar-refractivity contribution in [1.29, 1.82) is 0 Å². The van der Waals surface area contributed by atoms with Gasteiger partial charge in [-0.3, -0.25) is 4.79 Å². The summed E-state index contributed by atoms with van der Waals surface area (Å²) in [5, 5.41) is 3.05. The Morgan fingerprint density at radius 1 is 1.38 bits per heavy atom. The molecule has 0 radical (unpaired) electrons. The van der Waals surface area contributed by atoms with Gasteiger partial charge in [0.2, 0.25) is 5.91 Å². The fraction of sp³-hybridized carbons (Fsp3) is 0.923. The molecule has 3 nitrogen and oxygen atoms in total. The molecule has 94 valence electrons. The standard InChI is InChI=1S/C13H26N2O/c1-11(2)10-15(12-6-4-5-7-12)13(16)8-9-14-3/h11-12,14H,4-10H2,1-3H3. The molecule has 1 N–H and O–H groups in total. The number of carbonyl (C=O) groups is 1. The minimum atomic E-state index is 0.329. The molecule has 3 heteroatoms. The van der Waals surface area contributed by atoms with Crippen molar-refractivity contribution in [3.8, 4) is 0 Å². The maximum absolute atomic E-state index is 12.1. The zero-order valence-electron chi connectivity index (χ0n) is 11.0. The number of hydrogen-bond acceptors (Lipinski definition) is 2. The second-order valence-electron chi connectivity index (χ2n) is 5.23. The zero-order chi connectivity index (χ0) is 12.0. The SMILES string of the molecule is CNCCC(=O)N(CC(C)C)C1CCCC1. The largest absolute Gasteiger partial charge is 0.339 e. The van der Waals surface area contributed by atoms with Crippen LogP contribution in [0.4, 0.5) is 0 Å². The quantitative estimate of drug-likeness (QED) is 0.751. The number of amides is 1. The Kier molecular flexibility index (Phi) is 5.81. The molecule has 0 unspecified atom stereocenters. The van der Waals surface area contributed by atoms with Crippen LogP contribution in [0.5, 0.6) is 0 Å². The maximum atomic E-state index is 12.1. The minimum Gasteiger partial charge on any atom is -0.339 e. The summed E-state index contributed by atoms with van der Waals surface area (Å²) in [7, 11) is 1.90. The first-order valence-electron chi connectivity index (χ1n) is 6.59. The van der Waals surface area contributed by atoms with E-state index >= 15 is 0 Å². The molecule has 0 aliphatic heterocycles. The summed E-state index contributed by atoms with van der Waals surface area (Å²) < 4.78 is 0. The maximum Gasteiger partial charge on any atom is 0.224 e. The molecule has 1 aliphatic carbocycles. The van der Waals surface area contributed by atoms with E-state index < -0.39 is 0 Å². The molecular formula is C13H26N2O. The lowest BCUT2D eigenvalue weighted by atomic mass is 10.1. The number of rotatable bonds is 6. The molecule has 0 aromatic heterocycles. The van der Waals surface area contributed by atoms with Gasteiger partial charge in [-0.1, -0.05) is 26.7 Å². The molecule has 0 atom stereocenters. The molecular weight excluding hydrogens is 200 g/mol. The first kappa shape index (κ1) is 13.5. The summed E-state index contributed by atoms with van der Waals surface area (Å²) in [6.07, 6.45) is 5.63. The summed E-state index contributed by atoms with van der Waals surface area (Å²) in [5.41, 5.74) is 0. The van der Waals surface area contributed by atoms with Crippen molar-refractivity contribution in [2.75, 3.05) is 20.1 Å². The average Bonchev–Trinajstić information content (AvgIpc) is 2.75. The van der Waals surface area contributed by atoms with Crippen molar-refractivity contribution in [1.82, 2.24) is 10.2 Å². The van der Waals surface area contributed by atoms with Gasteiger partial charge in [0.15, 0.2) is 0 Å². The molecule has 0 spiro atoms. The lowest BCUT2D eigenvalue weighted by molar-refractivity contribution is -0.133. The molecule has 1 aliphatic rings. The fourth-order valence-electron chi connectivity index (χ4n) is 2.44. The zero-order valence-corrected chi connectivity index (χ0v) is 11.0. The van der Waals surface area contributed by atoms with Crippen molar-refractivity contribution in [2.24, 2.45) is 5.92 Å². The van der Waals surface area contributed by atoms with E-state index in [1.807, 2.05) is 7.05 Å². The van der Waals surface area contributed by atoms with Crippen LogP contribution in [0.2, 0.25) is 0 Å². The highest BCUT2D eigenvalue weighted by Gasteiger charge is 2.26. The average molecular weight is 226 g/mol. The monoisotopic (exact) mass is 226 g/mol. The molecule has 0 aromatic rings. The normalized spacial score (nSPS) is 17.0. The molecule has 1 rings (SSSR count). The lowest BCUT2D eigenvalue weighted by Crippen LogP contribution is -2.42. The van der Waals surface area contributed by atoms with Crippen LogP contribution in [0, 0.1) is 5.92 Å². The van der Waals surface area contributed by atoms with Crippen molar-refractivity contribution < 1.29 is 4.79 Å². The fourth-order valence-corrected chi connectivity index (χ4v) is 2.44. The van der Waals surface area contributed by atoms with Crippen LogP contribution in [-0.2, 0) is 4.79 Å². The summed E-state index contributed by atoms with van der Waals surface area (Å²) in [6, 6.07) is 0.520. The lowest BCUT2D eigenvalue weighted by Gasteiger charge is -2.30. The Bertz CT molecular complexity index is 210. The van der Waals surface area contributed by atoms with Crippen LogP contribution in [0.25, 0.3) is 0 Å². The molecule has 1 fully saturated rings. The van der Waals surface area contributed by atoms with Crippen LogP contribution in [-0.4, -0.2) is 37.0 Å². The van der Waals surface area contributed by atoms with Crippen LogP contribution in [0.3, 0.4) is 0 Å². The molecule has 16 heavy (non-hydrogen) atoms. The third-order valence-corrected chi connectivity index (χ3v) is 3.24. The predicted octanol–water partition coefficient (Wildman–Crippen LogP) is 2.02. The molecule has 1 amide bonds. The molecule has 0 bridgehead atoms. The summed E-state index contributed by atoms with van der Waals surface area (Å²) in [6.45, 7) is 6.09. The Labute approximate surface area is 99.6 Å².